The first-order valence-corrected chi connectivity index (χ1v) is 13.5. The third kappa shape index (κ3) is 7.00. The fourth-order valence-corrected chi connectivity index (χ4v) is 5.33. The molecule has 2 aromatic rings. The number of rotatable bonds is 10. The molecule has 1 aromatic heterocycles. The van der Waals surface area contributed by atoms with Crippen LogP contribution in [-0.4, -0.2) is 73.9 Å². The van der Waals surface area contributed by atoms with Gasteiger partial charge in [-0.25, -0.2) is 23.3 Å². The maximum atomic E-state index is 14.3. The zero-order valence-corrected chi connectivity index (χ0v) is 23.3. The van der Waals surface area contributed by atoms with Crippen molar-refractivity contribution in [2.75, 3.05) is 47.0 Å². The van der Waals surface area contributed by atoms with Crippen LogP contribution in [0.15, 0.2) is 71.9 Å². The number of nitrogens with zero attached hydrogens (tertiary/aromatic N) is 3. The van der Waals surface area contributed by atoms with E-state index in [1.165, 1.54) is 20.3 Å². The summed E-state index contributed by atoms with van der Waals surface area (Å²) >= 11 is 0. The van der Waals surface area contributed by atoms with Gasteiger partial charge in [0.1, 0.15) is 0 Å². The molecule has 0 unspecified atom stereocenters. The summed E-state index contributed by atoms with van der Waals surface area (Å²) < 4.78 is 38.8. The number of nitrogens with one attached hydrogen (secondary N) is 2. The molecule has 0 aliphatic carbocycles. The highest BCUT2D eigenvalue weighted by Crippen LogP contribution is 2.38. The van der Waals surface area contributed by atoms with Crippen LogP contribution in [0.1, 0.15) is 42.5 Å². The number of halogens is 2. The van der Waals surface area contributed by atoms with Crippen LogP contribution >= 0.6 is 0 Å². The highest BCUT2D eigenvalue weighted by Gasteiger charge is 2.41. The lowest BCUT2D eigenvalue weighted by atomic mass is 9.92. The number of urea groups is 2. The molecule has 0 radical (unpaired) electrons. The number of benzene rings is 1. The second-order valence-corrected chi connectivity index (χ2v) is 9.87. The van der Waals surface area contributed by atoms with Crippen molar-refractivity contribution in [1.29, 1.82) is 0 Å². The fourth-order valence-electron chi connectivity index (χ4n) is 5.33. The number of carbonyl (C=O) groups is 2. The number of hydrogen-bond acceptors (Lipinski definition) is 6. The topological polar surface area (TPSA) is 96.0 Å². The standard InChI is InChI=1S/C30H35F2N5O4/c1-4-26(41-3)27-25(19-40-2)35-30(39)37(28(27)21-9-10-22(31)23(32)18-21)29(38)34-14-7-15-36-16-11-20(12-17-36)24-8-5-6-13-33-24/h5-6,8-10,13,18,20,28H,1,7,11-12,14-17,19H2,2-3H3,(H,34,38)(H,35,39)/t28-/m0/s1. The molecule has 0 bridgehead atoms. The van der Waals surface area contributed by atoms with Crippen molar-refractivity contribution in [2.45, 2.75) is 31.2 Å². The van der Waals surface area contributed by atoms with E-state index in [2.05, 4.69) is 38.9 Å². The lowest BCUT2D eigenvalue weighted by Gasteiger charge is -2.38. The summed E-state index contributed by atoms with van der Waals surface area (Å²) in [7, 11) is 2.82. The highest BCUT2D eigenvalue weighted by molar-refractivity contribution is 5.96. The Kier molecular flexibility index (Phi) is 10.2. The van der Waals surface area contributed by atoms with Crippen molar-refractivity contribution >= 4 is 12.1 Å². The van der Waals surface area contributed by atoms with E-state index in [9.17, 15) is 18.4 Å². The van der Waals surface area contributed by atoms with Crippen LogP contribution in [-0.2, 0) is 9.47 Å². The number of piperidine rings is 1. The van der Waals surface area contributed by atoms with Gasteiger partial charge in [-0.15, -0.1) is 0 Å². The Morgan fingerprint density at radius 2 is 1.98 bits per heavy atom. The minimum Gasteiger partial charge on any atom is -0.489 e. The molecule has 0 saturated carbocycles. The molecule has 3 heterocycles. The SMILES string of the molecule is C=C=C(OC)C1=C(COC)NC(=O)N(C(=O)NCCCN2CCC(c3ccccn3)CC2)[C@H]1c1ccc(F)c(F)c1. The first-order valence-electron chi connectivity index (χ1n) is 13.5. The predicted octanol–water partition coefficient (Wildman–Crippen LogP) is 4.62. The number of aromatic nitrogens is 1. The van der Waals surface area contributed by atoms with Gasteiger partial charge in [-0.3, -0.25) is 4.98 Å². The van der Waals surface area contributed by atoms with Crippen molar-refractivity contribution in [2.24, 2.45) is 0 Å². The van der Waals surface area contributed by atoms with Crippen molar-refractivity contribution in [3.05, 3.63) is 94.8 Å². The molecule has 2 aliphatic rings. The Morgan fingerprint density at radius 3 is 2.61 bits per heavy atom. The summed E-state index contributed by atoms with van der Waals surface area (Å²) in [6.45, 7) is 6.57. The summed E-state index contributed by atoms with van der Waals surface area (Å²) in [4.78, 5) is 34.4. The Hall–Kier alpha value is -4.05. The minimum absolute atomic E-state index is 0.0394. The molecule has 9 nitrogen and oxygen atoms in total. The van der Waals surface area contributed by atoms with Crippen LogP contribution in [0, 0.1) is 11.6 Å². The van der Waals surface area contributed by atoms with E-state index in [1.807, 2.05) is 18.3 Å². The lowest BCUT2D eigenvalue weighted by Crippen LogP contribution is -2.54. The average Bonchev–Trinajstić information content (AvgIpc) is 2.99. The normalized spacial score (nSPS) is 18.1. The smallest absolute Gasteiger partial charge is 0.330 e. The van der Waals surface area contributed by atoms with Gasteiger partial charge >= 0.3 is 12.1 Å². The van der Waals surface area contributed by atoms with E-state index >= 15 is 0 Å². The predicted molar refractivity (Wildman–Crippen MR) is 149 cm³/mol. The van der Waals surface area contributed by atoms with Gasteiger partial charge in [0.2, 0.25) is 0 Å². The molecule has 1 saturated heterocycles. The monoisotopic (exact) mass is 567 g/mol. The molecular weight excluding hydrogens is 532 g/mol. The summed E-state index contributed by atoms with van der Waals surface area (Å²) in [6.07, 6.45) is 4.53. The molecule has 41 heavy (non-hydrogen) atoms. The second-order valence-electron chi connectivity index (χ2n) is 9.87. The number of hydrogen-bond donors (Lipinski definition) is 2. The molecule has 2 aliphatic heterocycles. The van der Waals surface area contributed by atoms with Gasteiger partial charge < -0.3 is 25.0 Å². The Balaban J connectivity index is 1.46. The van der Waals surface area contributed by atoms with Crippen LogP contribution in [0.25, 0.3) is 0 Å². The van der Waals surface area contributed by atoms with E-state index in [-0.39, 0.29) is 17.9 Å². The summed E-state index contributed by atoms with van der Waals surface area (Å²) in [5, 5.41) is 5.47. The summed E-state index contributed by atoms with van der Waals surface area (Å²) in [5.41, 5.74) is 4.53. The van der Waals surface area contributed by atoms with E-state index in [0.717, 1.165) is 55.2 Å². The largest absolute Gasteiger partial charge is 0.489 e. The highest BCUT2D eigenvalue weighted by atomic mass is 19.2. The Labute approximate surface area is 238 Å². The van der Waals surface area contributed by atoms with Gasteiger partial charge in [0, 0.05) is 31.5 Å². The fraction of sp³-hybridized carbons (Fsp3) is 0.400. The van der Waals surface area contributed by atoms with Crippen molar-refractivity contribution in [3.63, 3.8) is 0 Å². The first kappa shape index (κ1) is 29.9. The van der Waals surface area contributed by atoms with Crippen LogP contribution in [0.3, 0.4) is 0 Å². The number of pyridine rings is 1. The third-order valence-electron chi connectivity index (χ3n) is 7.33. The molecule has 1 aromatic carbocycles. The van der Waals surface area contributed by atoms with E-state index in [4.69, 9.17) is 9.47 Å². The van der Waals surface area contributed by atoms with E-state index in [1.54, 1.807) is 0 Å². The van der Waals surface area contributed by atoms with Gasteiger partial charge in [0.25, 0.3) is 0 Å². The van der Waals surface area contributed by atoms with Crippen molar-refractivity contribution < 1.29 is 27.8 Å². The van der Waals surface area contributed by atoms with Gasteiger partial charge in [-0.05, 0) is 68.7 Å². The molecule has 4 amide bonds. The molecule has 4 rings (SSSR count). The number of imide groups is 1. The van der Waals surface area contributed by atoms with Gasteiger partial charge in [-0.2, -0.15) is 0 Å². The average molecular weight is 568 g/mol. The van der Waals surface area contributed by atoms with Crippen molar-refractivity contribution in [3.8, 4) is 0 Å². The molecule has 1 atom stereocenters. The number of methoxy groups -OCH3 is 2. The van der Waals surface area contributed by atoms with Gasteiger partial charge in [0.15, 0.2) is 17.4 Å². The van der Waals surface area contributed by atoms with Gasteiger partial charge in [0.05, 0.1) is 31.0 Å². The molecular formula is C30H35F2N5O4. The molecule has 218 valence electrons. The van der Waals surface area contributed by atoms with Crippen LogP contribution in [0.5, 0.6) is 0 Å². The minimum atomic E-state index is -1.15. The number of amides is 4. The van der Waals surface area contributed by atoms with Crippen molar-refractivity contribution in [1.82, 2.24) is 25.4 Å². The number of carbonyl (C=O) groups excluding carboxylic acids is 2. The third-order valence-corrected chi connectivity index (χ3v) is 7.33. The zero-order chi connectivity index (χ0) is 29.4. The Bertz CT molecular complexity index is 1320. The van der Waals surface area contributed by atoms with Crippen LogP contribution < -0.4 is 10.6 Å². The van der Waals surface area contributed by atoms with Crippen LogP contribution in [0.4, 0.5) is 18.4 Å². The van der Waals surface area contributed by atoms with Crippen LogP contribution in [0.2, 0.25) is 0 Å². The molecule has 0 spiro atoms. The van der Waals surface area contributed by atoms with E-state index in [0.29, 0.717) is 30.2 Å². The number of likely N-dealkylation sites (tertiary alicyclic amines) is 1. The van der Waals surface area contributed by atoms with Gasteiger partial charge in [-0.1, -0.05) is 24.4 Å². The summed E-state index contributed by atoms with van der Waals surface area (Å²) in [5.74, 6) is -1.60. The second kappa shape index (κ2) is 14.0. The molecule has 1 fully saturated rings. The molecule has 2 N–H and O–H groups in total. The first-order chi connectivity index (χ1) is 19.9. The maximum absolute atomic E-state index is 14.3. The quantitative estimate of drug-likeness (QED) is 0.247. The van der Waals surface area contributed by atoms with E-state index < -0.39 is 29.7 Å². The summed E-state index contributed by atoms with van der Waals surface area (Å²) in [6, 6.07) is 6.62. The lowest BCUT2D eigenvalue weighted by molar-refractivity contribution is 0.160. The Morgan fingerprint density at radius 1 is 1.20 bits per heavy atom. The zero-order valence-electron chi connectivity index (χ0n) is 23.3. The molecule has 11 heteroatoms. The number of ether oxygens (including phenoxy) is 2. The maximum Gasteiger partial charge on any atom is 0.330 e.